The lowest BCUT2D eigenvalue weighted by atomic mass is 10.0. The first-order chi connectivity index (χ1) is 5.86. The summed E-state index contributed by atoms with van der Waals surface area (Å²) in [5.41, 5.74) is 0.740. The van der Waals surface area contributed by atoms with E-state index in [1.54, 1.807) is 0 Å². The van der Waals surface area contributed by atoms with Crippen molar-refractivity contribution >= 4 is 21.0 Å². The van der Waals surface area contributed by atoms with E-state index in [9.17, 15) is 0 Å². The van der Waals surface area contributed by atoms with Crippen LogP contribution in [0.5, 0.6) is 0 Å². The Morgan fingerprint density at radius 3 is 2.42 bits per heavy atom. The zero-order valence-corrected chi connectivity index (χ0v) is 6.59. The van der Waals surface area contributed by atoms with Crippen LogP contribution in [0.3, 0.4) is 0 Å². The molecule has 0 saturated carbocycles. The maximum absolute atomic E-state index is 5.68. The van der Waals surface area contributed by atoms with Gasteiger partial charge in [0, 0.05) is 0 Å². The van der Waals surface area contributed by atoms with E-state index in [0.29, 0.717) is 0 Å². The molecular formula is C8H7B2N2. The summed E-state index contributed by atoms with van der Waals surface area (Å²) in [6.45, 7) is 0. The Morgan fingerprint density at radius 1 is 1.08 bits per heavy atom. The van der Waals surface area contributed by atoms with Crippen molar-refractivity contribution in [3.05, 3.63) is 42.9 Å². The SMILES string of the molecule is [B]c1cccn1[B]n1cccc1. The standard InChI is InChI=1S/C8H7B2N2/c9-8-4-3-7-12(8)10-11-5-1-2-6-11/h1-7H. The lowest BCUT2D eigenvalue weighted by Gasteiger charge is -2.03. The minimum atomic E-state index is 0.740. The van der Waals surface area contributed by atoms with E-state index in [4.69, 9.17) is 7.85 Å². The van der Waals surface area contributed by atoms with Crippen LogP contribution in [0.15, 0.2) is 42.9 Å². The third-order valence-corrected chi connectivity index (χ3v) is 1.70. The van der Waals surface area contributed by atoms with Crippen LogP contribution in [-0.2, 0) is 0 Å². The Labute approximate surface area is 73.5 Å². The van der Waals surface area contributed by atoms with Gasteiger partial charge in [0.1, 0.15) is 7.85 Å². The van der Waals surface area contributed by atoms with Gasteiger partial charge in [0.25, 0.3) is 0 Å². The van der Waals surface area contributed by atoms with E-state index in [0.717, 1.165) is 5.59 Å². The van der Waals surface area contributed by atoms with Crippen molar-refractivity contribution in [2.45, 2.75) is 0 Å². The van der Waals surface area contributed by atoms with Crippen LogP contribution in [0.4, 0.5) is 0 Å². The van der Waals surface area contributed by atoms with E-state index in [1.807, 2.05) is 59.4 Å². The zero-order chi connectivity index (χ0) is 8.39. The molecule has 0 aromatic carbocycles. The minimum Gasteiger partial charge on any atom is -0.387 e. The predicted octanol–water partition coefficient (Wildman–Crippen LogP) is 0.0140. The van der Waals surface area contributed by atoms with Crippen LogP contribution < -0.4 is 5.59 Å². The van der Waals surface area contributed by atoms with Crippen LogP contribution >= 0.6 is 0 Å². The number of aromatic nitrogens is 2. The molecule has 2 heterocycles. The van der Waals surface area contributed by atoms with Crippen molar-refractivity contribution in [3.8, 4) is 0 Å². The summed E-state index contributed by atoms with van der Waals surface area (Å²) in [6.07, 6.45) is 5.83. The Bertz CT molecular complexity index is 351. The quantitative estimate of drug-likeness (QED) is 0.537. The maximum Gasteiger partial charge on any atom is 0.398 e. The fourth-order valence-corrected chi connectivity index (χ4v) is 1.08. The fraction of sp³-hybridized carbons (Fsp3) is 0. The van der Waals surface area contributed by atoms with E-state index < -0.39 is 0 Å². The highest BCUT2D eigenvalue weighted by atomic mass is 15.0. The normalized spacial score (nSPS) is 10.0. The van der Waals surface area contributed by atoms with Gasteiger partial charge < -0.3 is 8.96 Å². The van der Waals surface area contributed by atoms with Crippen LogP contribution in [-0.4, -0.2) is 24.4 Å². The third kappa shape index (κ3) is 1.33. The van der Waals surface area contributed by atoms with Gasteiger partial charge in [-0.1, -0.05) is 6.07 Å². The summed E-state index contributed by atoms with van der Waals surface area (Å²) >= 11 is 0. The van der Waals surface area contributed by atoms with Crippen LogP contribution in [0.1, 0.15) is 0 Å². The largest absolute Gasteiger partial charge is 0.398 e. The molecule has 0 atom stereocenters. The highest BCUT2D eigenvalue weighted by Crippen LogP contribution is 1.88. The number of hydrogen-bond acceptors (Lipinski definition) is 0. The summed E-state index contributed by atoms with van der Waals surface area (Å²) < 4.78 is 3.80. The van der Waals surface area contributed by atoms with Crippen LogP contribution in [0.25, 0.3) is 0 Å². The fourth-order valence-electron chi connectivity index (χ4n) is 1.08. The molecule has 0 amide bonds. The van der Waals surface area contributed by atoms with E-state index in [2.05, 4.69) is 0 Å². The van der Waals surface area contributed by atoms with Gasteiger partial charge in [-0.25, -0.2) is 0 Å². The maximum atomic E-state index is 5.68. The van der Waals surface area contributed by atoms with E-state index in [-0.39, 0.29) is 0 Å². The van der Waals surface area contributed by atoms with Crippen LogP contribution in [0, 0.1) is 0 Å². The molecule has 0 saturated heterocycles. The Balaban J connectivity index is 2.20. The van der Waals surface area contributed by atoms with Gasteiger partial charge in [0.05, 0.1) is 0 Å². The zero-order valence-electron chi connectivity index (χ0n) is 6.59. The molecule has 0 N–H and O–H groups in total. The van der Waals surface area contributed by atoms with Gasteiger partial charge in [-0.2, -0.15) is 0 Å². The Kier molecular flexibility index (Phi) is 1.82. The Hall–Kier alpha value is -1.31. The van der Waals surface area contributed by atoms with Gasteiger partial charge >= 0.3 is 7.55 Å². The minimum absolute atomic E-state index is 0.740. The van der Waals surface area contributed by atoms with Gasteiger partial charge in [-0.3, -0.25) is 0 Å². The lowest BCUT2D eigenvalue weighted by Crippen LogP contribution is -2.25. The topological polar surface area (TPSA) is 9.86 Å². The molecular weight excluding hydrogens is 146 g/mol. The Morgan fingerprint density at radius 2 is 1.83 bits per heavy atom. The van der Waals surface area contributed by atoms with Crippen molar-refractivity contribution in [3.63, 3.8) is 0 Å². The molecule has 0 bridgehead atoms. The first kappa shape index (κ1) is 7.34. The van der Waals surface area contributed by atoms with Crippen molar-refractivity contribution in [1.29, 1.82) is 0 Å². The molecule has 55 valence electrons. The smallest absolute Gasteiger partial charge is 0.387 e. The molecule has 0 unspecified atom stereocenters. The molecule has 2 aromatic rings. The molecule has 3 radical (unpaired) electrons. The van der Waals surface area contributed by atoms with Gasteiger partial charge in [-0.15, -0.1) is 0 Å². The third-order valence-electron chi connectivity index (χ3n) is 1.70. The van der Waals surface area contributed by atoms with Gasteiger partial charge in [-0.05, 0) is 42.4 Å². The molecule has 0 aliphatic carbocycles. The summed E-state index contributed by atoms with van der Waals surface area (Å²) in [5.74, 6) is 0. The average molecular weight is 153 g/mol. The van der Waals surface area contributed by atoms with Crippen molar-refractivity contribution in [2.24, 2.45) is 0 Å². The van der Waals surface area contributed by atoms with Crippen LogP contribution in [0.2, 0.25) is 0 Å². The predicted molar refractivity (Wildman–Crippen MR) is 50.8 cm³/mol. The number of hydrogen-bond donors (Lipinski definition) is 0. The molecule has 4 heteroatoms. The molecule has 0 spiro atoms. The summed E-state index contributed by atoms with van der Waals surface area (Å²) in [7, 11) is 7.59. The van der Waals surface area contributed by atoms with Crippen molar-refractivity contribution in [2.75, 3.05) is 0 Å². The van der Waals surface area contributed by atoms with Gasteiger partial charge in [0.15, 0.2) is 0 Å². The van der Waals surface area contributed by atoms with Gasteiger partial charge in [0.2, 0.25) is 0 Å². The monoisotopic (exact) mass is 153 g/mol. The summed E-state index contributed by atoms with van der Waals surface area (Å²) in [6, 6.07) is 7.71. The van der Waals surface area contributed by atoms with E-state index in [1.165, 1.54) is 0 Å². The average Bonchev–Trinajstić information content (AvgIpc) is 2.65. The second kappa shape index (κ2) is 2.97. The first-order valence-corrected chi connectivity index (χ1v) is 3.76. The number of nitrogens with zero attached hydrogens (tertiary/aromatic N) is 2. The lowest BCUT2D eigenvalue weighted by molar-refractivity contribution is 1.13. The second-order valence-corrected chi connectivity index (χ2v) is 2.59. The molecule has 2 nitrogen and oxygen atoms in total. The molecule has 0 aliphatic rings. The highest BCUT2D eigenvalue weighted by molar-refractivity contribution is 6.40. The van der Waals surface area contributed by atoms with Crippen molar-refractivity contribution < 1.29 is 0 Å². The van der Waals surface area contributed by atoms with E-state index >= 15 is 0 Å². The summed E-state index contributed by atoms with van der Waals surface area (Å²) in [5, 5.41) is 0. The molecule has 2 aromatic heterocycles. The molecule has 0 aliphatic heterocycles. The highest BCUT2D eigenvalue weighted by Gasteiger charge is 1.97. The second-order valence-electron chi connectivity index (χ2n) is 2.59. The molecule has 12 heavy (non-hydrogen) atoms. The molecule has 0 fully saturated rings. The summed E-state index contributed by atoms with van der Waals surface area (Å²) in [4.78, 5) is 0. The first-order valence-electron chi connectivity index (χ1n) is 3.76. The number of rotatable bonds is 2. The van der Waals surface area contributed by atoms with Crippen molar-refractivity contribution in [1.82, 2.24) is 8.96 Å². The molecule has 2 rings (SSSR count).